The molecule has 0 fully saturated rings. The van der Waals surface area contributed by atoms with Gasteiger partial charge >= 0.3 is 11.9 Å². The normalized spacial score (nSPS) is 8.87. The van der Waals surface area contributed by atoms with Gasteiger partial charge in [-0.1, -0.05) is 0 Å². The number of carbonyl (C=O) groups excluding carboxylic acids is 1. The monoisotopic (exact) mass is 431 g/mol. The number of carboxylic acid groups (broad SMARTS) is 2. The van der Waals surface area contributed by atoms with E-state index >= 15 is 0 Å². The maximum absolute atomic E-state index is 10.5. The number of hydrogen-bond donors (Lipinski definition) is 3. The van der Waals surface area contributed by atoms with Crippen molar-refractivity contribution in [3.8, 4) is 0 Å². The Morgan fingerprint density at radius 1 is 1.09 bits per heavy atom. The Labute approximate surface area is 148 Å². The molecular weight excluding hydrogens is 417 g/mol. The Hall–Kier alpha value is -2.56. The Kier molecular flexibility index (Phi) is 9.08. The fraction of sp³-hybridized carbons (Fsp3) is 0.0714. The molecule has 0 unspecified atom stereocenters. The largest absolute Gasteiger partial charge is 1.00 e. The van der Waals surface area contributed by atoms with Crippen LogP contribution in [0.1, 0.15) is 20.7 Å². The summed E-state index contributed by atoms with van der Waals surface area (Å²) in [4.78, 5) is 34.8. The van der Waals surface area contributed by atoms with Crippen LogP contribution in [0.3, 0.4) is 0 Å². The van der Waals surface area contributed by atoms with E-state index in [9.17, 15) is 14.4 Å². The lowest BCUT2D eigenvalue weighted by molar-refractivity contribution is -0.684. The Morgan fingerprint density at radius 2 is 1.70 bits per heavy atom. The quantitative estimate of drug-likeness (QED) is 0.348. The van der Waals surface area contributed by atoms with Crippen LogP contribution in [0.2, 0.25) is 0 Å². The first kappa shape index (κ1) is 20.4. The van der Waals surface area contributed by atoms with E-state index in [2.05, 4.69) is 4.98 Å². The van der Waals surface area contributed by atoms with Crippen molar-refractivity contribution in [3.63, 3.8) is 0 Å². The summed E-state index contributed by atoms with van der Waals surface area (Å²) in [6.45, 7) is -0.0128. The highest BCUT2D eigenvalue weighted by Gasteiger charge is 2.10. The van der Waals surface area contributed by atoms with Gasteiger partial charge in [-0.2, -0.15) is 4.57 Å². The van der Waals surface area contributed by atoms with E-state index < -0.39 is 17.8 Å². The summed E-state index contributed by atoms with van der Waals surface area (Å²) < 4.78 is 1.42. The van der Waals surface area contributed by atoms with Gasteiger partial charge in [0.25, 0.3) is 5.91 Å². The van der Waals surface area contributed by atoms with Gasteiger partial charge in [0.15, 0.2) is 12.4 Å². The van der Waals surface area contributed by atoms with E-state index in [1.54, 1.807) is 18.3 Å². The minimum atomic E-state index is -1.03. The van der Waals surface area contributed by atoms with Gasteiger partial charge in [-0.05, 0) is 18.2 Å². The third-order valence-electron chi connectivity index (χ3n) is 2.35. The van der Waals surface area contributed by atoms with Gasteiger partial charge in [-0.3, -0.25) is 9.78 Å². The molecule has 0 saturated heterocycles. The SMILES string of the molecule is NC(=O)C[n+]1cccc(C(=O)O)c1.O=C(O)c1cccnc1.[I-]. The van der Waals surface area contributed by atoms with Crippen LogP contribution in [0.25, 0.3) is 0 Å². The van der Waals surface area contributed by atoms with E-state index in [1.807, 2.05) is 0 Å². The third-order valence-corrected chi connectivity index (χ3v) is 2.35. The molecule has 0 atom stereocenters. The number of carbonyl (C=O) groups is 3. The first-order chi connectivity index (χ1) is 10.4. The number of hydrogen-bond acceptors (Lipinski definition) is 4. The number of amides is 1. The molecular formula is C14H14IN3O5. The molecule has 9 heteroatoms. The van der Waals surface area contributed by atoms with Crippen molar-refractivity contribution >= 4 is 17.8 Å². The second-order valence-electron chi connectivity index (χ2n) is 4.08. The smallest absolute Gasteiger partial charge is 0.341 e. The first-order valence-electron chi connectivity index (χ1n) is 6.04. The van der Waals surface area contributed by atoms with E-state index in [-0.39, 0.29) is 41.6 Å². The molecule has 2 aromatic rings. The molecule has 23 heavy (non-hydrogen) atoms. The van der Waals surface area contributed by atoms with Crippen molar-refractivity contribution < 1.29 is 53.1 Å². The molecule has 1 amide bonds. The van der Waals surface area contributed by atoms with Crippen LogP contribution in [-0.2, 0) is 11.3 Å². The van der Waals surface area contributed by atoms with Crippen LogP contribution in [0.15, 0.2) is 49.1 Å². The number of nitrogens with two attached hydrogens (primary N) is 1. The summed E-state index contributed by atoms with van der Waals surface area (Å²) in [5.41, 5.74) is 5.29. The molecule has 8 nitrogen and oxygen atoms in total. The van der Waals surface area contributed by atoms with Crippen molar-refractivity contribution in [1.82, 2.24) is 4.98 Å². The minimum absolute atomic E-state index is 0. The van der Waals surface area contributed by atoms with Crippen LogP contribution in [0.4, 0.5) is 0 Å². The van der Waals surface area contributed by atoms with Crippen molar-refractivity contribution in [2.45, 2.75) is 6.54 Å². The van der Waals surface area contributed by atoms with E-state index in [0.717, 1.165) is 0 Å². The van der Waals surface area contributed by atoms with E-state index in [0.29, 0.717) is 0 Å². The predicted molar refractivity (Wildman–Crippen MR) is 74.0 cm³/mol. The summed E-state index contributed by atoms with van der Waals surface area (Å²) in [6, 6.07) is 6.07. The molecule has 0 saturated carbocycles. The molecule has 4 N–H and O–H groups in total. The Bertz CT molecular complexity index is 679. The van der Waals surface area contributed by atoms with Gasteiger partial charge in [0, 0.05) is 18.5 Å². The molecule has 2 aromatic heterocycles. The van der Waals surface area contributed by atoms with Crippen molar-refractivity contribution in [2.24, 2.45) is 5.73 Å². The molecule has 122 valence electrons. The average molecular weight is 431 g/mol. The molecule has 2 rings (SSSR count). The zero-order valence-electron chi connectivity index (χ0n) is 11.8. The fourth-order valence-electron chi connectivity index (χ4n) is 1.42. The number of aromatic carboxylic acids is 2. The van der Waals surface area contributed by atoms with Crippen LogP contribution >= 0.6 is 0 Å². The zero-order chi connectivity index (χ0) is 16.5. The standard InChI is InChI=1S/C8H8N2O3.C6H5NO2.HI/c9-7(11)5-10-3-1-2-6(4-10)8(12)13;8-6(9)5-2-1-3-7-4-5;/h1-4H,5H2,(H2-,9,11,12,13);1-4H,(H,8,9);1H. The molecule has 0 aliphatic rings. The molecule has 0 bridgehead atoms. The Morgan fingerprint density at radius 3 is 2.13 bits per heavy atom. The summed E-state index contributed by atoms with van der Waals surface area (Å²) in [6.07, 6.45) is 5.78. The zero-order valence-corrected chi connectivity index (χ0v) is 14.0. The van der Waals surface area contributed by atoms with Crippen LogP contribution in [0, 0.1) is 0 Å². The number of aromatic nitrogens is 2. The first-order valence-corrected chi connectivity index (χ1v) is 6.04. The topological polar surface area (TPSA) is 134 Å². The van der Waals surface area contributed by atoms with Gasteiger partial charge in [0.1, 0.15) is 5.56 Å². The lowest BCUT2D eigenvalue weighted by Crippen LogP contribution is -3.00. The van der Waals surface area contributed by atoms with Gasteiger partial charge in [-0.25, -0.2) is 9.59 Å². The Balaban J connectivity index is 0.000000427. The van der Waals surface area contributed by atoms with E-state index in [1.165, 1.54) is 35.3 Å². The van der Waals surface area contributed by atoms with Crippen molar-refractivity contribution in [3.05, 3.63) is 60.2 Å². The van der Waals surface area contributed by atoms with Crippen LogP contribution in [0.5, 0.6) is 0 Å². The number of pyridine rings is 2. The number of halogens is 1. The highest BCUT2D eigenvalue weighted by Crippen LogP contribution is 1.93. The number of nitrogens with zero attached hydrogens (tertiary/aromatic N) is 2. The van der Waals surface area contributed by atoms with Gasteiger partial charge < -0.3 is 39.9 Å². The highest BCUT2D eigenvalue weighted by atomic mass is 127. The summed E-state index contributed by atoms with van der Waals surface area (Å²) in [5.74, 6) is -2.48. The van der Waals surface area contributed by atoms with Crippen molar-refractivity contribution in [1.29, 1.82) is 0 Å². The van der Waals surface area contributed by atoms with Crippen LogP contribution < -0.4 is 34.3 Å². The number of rotatable bonds is 4. The molecule has 0 spiro atoms. The molecule has 2 heterocycles. The molecule has 0 radical (unpaired) electrons. The molecule has 0 aromatic carbocycles. The number of carboxylic acids is 2. The minimum Gasteiger partial charge on any atom is -1.00 e. The predicted octanol–water partition coefficient (Wildman–Crippen LogP) is -3.06. The number of primary amides is 1. The van der Waals surface area contributed by atoms with Gasteiger partial charge in [-0.15, -0.1) is 0 Å². The summed E-state index contributed by atoms with van der Waals surface area (Å²) in [7, 11) is 0. The second kappa shape index (κ2) is 10.2. The fourth-order valence-corrected chi connectivity index (χ4v) is 1.42. The van der Waals surface area contributed by atoms with Crippen LogP contribution in [-0.4, -0.2) is 33.0 Å². The lowest BCUT2D eigenvalue weighted by Gasteiger charge is -1.93. The maximum Gasteiger partial charge on any atom is 0.341 e. The maximum atomic E-state index is 10.5. The van der Waals surface area contributed by atoms with Gasteiger partial charge in [0.2, 0.25) is 6.54 Å². The molecule has 0 aliphatic carbocycles. The lowest BCUT2D eigenvalue weighted by atomic mass is 10.3. The van der Waals surface area contributed by atoms with Gasteiger partial charge in [0.05, 0.1) is 5.56 Å². The highest BCUT2D eigenvalue weighted by molar-refractivity contribution is 5.87. The second-order valence-corrected chi connectivity index (χ2v) is 4.08. The van der Waals surface area contributed by atoms with E-state index in [4.69, 9.17) is 15.9 Å². The average Bonchev–Trinajstić information content (AvgIpc) is 2.48. The molecule has 0 aliphatic heterocycles. The summed E-state index contributed by atoms with van der Waals surface area (Å²) in [5, 5.41) is 17.0. The third kappa shape index (κ3) is 7.85. The summed E-state index contributed by atoms with van der Waals surface area (Å²) >= 11 is 0. The van der Waals surface area contributed by atoms with Crippen molar-refractivity contribution in [2.75, 3.05) is 0 Å².